The maximum absolute atomic E-state index is 12.3. The topological polar surface area (TPSA) is 50.1 Å². The number of benzene rings is 2. The number of hydrogen-bond acceptors (Lipinski definition) is 3. The van der Waals surface area contributed by atoms with E-state index in [0.717, 1.165) is 24.8 Å². The van der Waals surface area contributed by atoms with Gasteiger partial charge < -0.3 is 4.74 Å². The third-order valence-electron chi connectivity index (χ3n) is 3.23. The van der Waals surface area contributed by atoms with E-state index in [9.17, 15) is 4.79 Å². The zero-order chi connectivity index (χ0) is 15.1. The van der Waals surface area contributed by atoms with Crippen molar-refractivity contribution in [1.82, 2.24) is 0 Å². The van der Waals surface area contributed by atoms with E-state index >= 15 is 0 Å². The molecule has 0 amide bonds. The van der Waals surface area contributed by atoms with Crippen LogP contribution in [0.3, 0.4) is 0 Å². The highest BCUT2D eigenvalue weighted by molar-refractivity contribution is 5.92. The van der Waals surface area contributed by atoms with Crippen molar-refractivity contribution < 1.29 is 9.53 Å². The Morgan fingerprint density at radius 3 is 2.52 bits per heavy atom. The summed E-state index contributed by atoms with van der Waals surface area (Å²) in [5.74, 6) is 0.0932. The van der Waals surface area contributed by atoms with Crippen LogP contribution in [0.4, 0.5) is 0 Å². The molecule has 0 bridgehead atoms. The maximum Gasteiger partial charge on any atom is 0.343 e. The maximum atomic E-state index is 12.3. The fourth-order valence-corrected chi connectivity index (χ4v) is 2.06. The summed E-state index contributed by atoms with van der Waals surface area (Å²) >= 11 is 0. The molecule has 0 fully saturated rings. The molecule has 106 valence electrons. The molecule has 3 nitrogen and oxygen atoms in total. The summed E-state index contributed by atoms with van der Waals surface area (Å²) in [6, 6.07) is 16.1. The molecule has 0 aliphatic heterocycles. The van der Waals surface area contributed by atoms with Crippen LogP contribution in [0, 0.1) is 11.3 Å². The van der Waals surface area contributed by atoms with E-state index in [2.05, 4.69) is 6.92 Å². The Balaban J connectivity index is 2.14. The van der Waals surface area contributed by atoms with Gasteiger partial charge in [-0.05, 0) is 48.7 Å². The Bertz CT molecular complexity index is 654. The zero-order valence-electron chi connectivity index (χ0n) is 12.0. The predicted octanol–water partition coefficient (Wildman–Crippen LogP) is 4.12. The van der Waals surface area contributed by atoms with Crippen molar-refractivity contribution >= 4 is 5.97 Å². The molecule has 2 aromatic carbocycles. The Morgan fingerprint density at radius 2 is 1.86 bits per heavy atom. The molecule has 0 heterocycles. The highest BCUT2D eigenvalue weighted by Gasteiger charge is 2.12. The molecule has 0 saturated carbocycles. The van der Waals surface area contributed by atoms with Crippen LogP contribution >= 0.6 is 0 Å². The summed E-state index contributed by atoms with van der Waals surface area (Å²) in [6.07, 6.45) is 3.00. The summed E-state index contributed by atoms with van der Waals surface area (Å²) in [4.78, 5) is 12.3. The molecule has 0 spiro atoms. The molecule has 0 unspecified atom stereocenters. The Labute approximate surface area is 124 Å². The van der Waals surface area contributed by atoms with Crippen LogP contribution in [-0.4, -0.2) is 5.97 Å². The third-order valence-corrected chi connectivity index (χ3v) is 3.23. The second kappa shape index (κ2) is 7.25. The van der Waals surface area contributed by atoms with Crippen molar-refractivity contribution in [1.29, 1.82) is 5.26 Å². The van der Waals surface area contributed by atoms with Gasteiger partial charge in [-0.2, -0.15) is 5.26 Å². The largest absolute Gasteiger partial charge is 0.423 e. The molecule has 0 aromatic heterocycles. The van der Waals surface area contributed by atoms with Gasteiger partial charge in [0, 0.05) is 0 Å². The van der Waals surface area contributed by atoms with E-state index in [0.29, 0.717) is 16.9 Å². The fourth-order valence-electron chi connectivity index (χ4n) is 2.06. The normalized spacial score (nSPS) is 9.90. The van der Waals surface area contributed by atoms with Crippen molar-refractivity contribution in [2.24, 2.45) is 0 Å². The molecule has 3 heteroatoms. The smallest absolute Gasteiger partial charge is 0.343 e. The van der Waals surface area contributed by atoms with E-state index in [4.69, 9.17) is 10.00 Å². The van der Waals surface area contributed by atoms with E-state index in [1.807, 2.05) is 24.3 Å². The average molecular weight is 279 g/mol. The number of esters is 1. The Hall–Kier alpha value is -2.60. The van der Waals surface area contributed by atoms with Crippen LogP contribution in [0.1, 0.15) is 41.3 Å². The first-order chi connectivity index (χ1) is 10.2. The minimum atomic E-state index is -0.355. The summed E-state index contributed by atoms with van der Waals surface area (Å²) in [5.41, 5.74) is 2.16. The summed E-state index contributed by atoms with van der Waals surface area (Å²) in [5, 5.41) is 8.75. The molecular weight excluding hydrogens is 262 g/mol. The lowest BCUT2D eigenvalue weighted by Gasteiger charge is -2.09. The molecule has 0 aliphatic rings. The van der Waals surface area contributed by atoms with Gasteiger partial charge in [0.05, 0.1) is 17.2 Å². The second-order valence-electron chi connectivity index (χ2n) is 4.79. The molecule has 2 rings (SSSR count). The molecule has 21 heavy (non-hydrogen) atoms. The number of aryl methyl sites for hydroxylation is 1. The van der Waals surface area contributed by atoms with Crippen molar-refractivity contribution in [2.45, 2.75) is 26.2 Å². The first-order valence-corrected chi connectivity index (χ1v) is 7.05. The summed E-state index contributed by atoms with van der Waals surface area (Å²) < 4.78 is 5.37. The van der Waals surface area contributed by atoms with Gasteiger partial charge in [0.1, 0.15) is 5.75 Å². The third kappa shape index (κ3) is 3.93. The number of unbranched alkanes of at least 4 members (excludes halogenated alkanes) is 1. The highest BCUT2D eigenvalue weighted by Crippen LogP contribution is 2.17. The molecule has 0 radical (unpaired) electrons. The number of ether oxygens (including phenoxy) is 1. The molecule has 0 saturated heterocycles. The van der Waals surface area contributed by atoms with Crippen LogP contribution in [0.25, 0.3) is 0 Å². The number of nitrogens with zero attached hydrogens (tertiary/aromatic N) is 1. The first-order valence-electron chi connectivity index (χ1n) is 7.05. The number of rotatable bonds is 5. The first kappa shape index (κ1) is 14.8. The number of carbonyl (C=O) groups is 1. The molecule has 0 aliphatic carbocycles. The van der Waals surface area contributed by atoms with Crippen LogP contribution in [-0.2, 0) is 6.42 Å². The average Bonchev–Trinajstić information content (AvgIpc) is 2.54. The standard InChI is InChI=1S/C18H17NO2/c1-2-3-6-15-7-4-5-8-17(15)18(20)21-16-11-9-14(13-19)10-12-16/h4-5,7-12H,2-3,6H2,1H3. The Morgan fingerprint density at radius 1 is 1.14 bits per heavy atom. The molecule has 0 atom stereocenters. The van der Waals surface area contributed by atoms with Gasteiger partial charge in [-0.25, -0.2) is 4.79 Å². The lowest BCUT2D eigenvalue weighted by molar-refractivity contribution is 0.0733. The monoisotopic (exact) mass is 279 g/mol. The van der Waals surface area contributed by atoms with E-state index in [1.165, 1.54) is 0 Å². The van der Waals surface area contributed by atoms with E-state index in [1.54, 1.807) is 30.3 Å². The fraction of sp³-hybridized carbons (Fsp3) is 0.222. The predicted molar refractivity (Wildman–Crippen MR) is 81.2 cm³/mol. The Kier molecular flexibility index (Phi) is 5.11. The number of nitriles is 1. The lowest BCUT2D eigenvalue weighted by Crippen LogP contribution is -2.11. The number of carbonyl (C=O) groups excluding carboxylic acids is 1. The van der Waals surface area contributed by atoms with Gasteiger partial charge in [-0.15, -0.1) is 0 Å². The summed E-state index contributed by atoms with van der Waals surface area (Å²) in [7, 11) is 0. The molecular formula is C18H17NO2. The number of hydrogen-bond donors (Lipinski definition) is 0. The zero-order valence-corrected chi connectivity index (χ0v) is 12.0. The van der Waals surface area contributed by atoms with Gasteiger partial charge in [0.15, 0.2) is 0 Å². The van der Waals surface area contributed by atoms with Crippen molar-refractivity contribution in [2.75, 3.05) is 0 Å². The van der Waals surface area contributed by atoms with Gasteiger partial charge >= 0.3 is 5.97 Å². The quantitative estimate of drug-likeness (QED) is 0.611. The van der Waals surface area contributed by atoms with Crippen LogP contribution in [0.5, 0.6) is 5.75 Å². The van der Waals surface area contributed by atoms with Crippen molar-refractivity contribution in [3.63, 3.8) is 0 Å². The van der Waals surface area contributed by atoms with Gasteiger partial charge in [-0.3, -0.25) is 0 Å². The molecule has 2 aromatic rings. The lowest BCUT2D eigenvalue weighted by atomic mass is 10.0. The minimum absolute atomic E-state index is 0.355. The van der Waals surface area contributed by atoms with Crippen LogP contribution in [0.2, 0.25) is 0 Å². The molecule has 0 N–H and O–H groups in total. The SMILES string of the molecule is CCCCc1ccccc1C(=O)Oc1ccc(C#N)cc1. The van der Waals surface area contributed by atoms with Crippen molar-refractivity contribution in [3.8, 4) is 11.8 Å². The summed E-state index contributed by atoms with van der Waals surface area (Å²) in [6.45, 7) is 2.12. The van der Waals surface area contributed by atoms with Gasteiger partial charge in [-0.1, -0.05) is 31.5 Å². The highest BCUT2D eigenvalue weighted by atomic mass is 16.5. The van der Waals surface area contributed by atoms with Crippen molar-refractivity contribution in [3.05, 3.63) is 65.2 Å². The minimum Gasteiger partial charge on any atom is -0.423 e. The van der Waals surface area contributed by atoms with Crippen LogP contribution < -0.4 is 4.74 Å². The second-order valence-corrected chi connectivity index (χ2v) is 4.79. The van der Waals surface area contributed by atoms with Gasteiger partial charge in [0.2, 0.25) is 0 Å². The van der Waals surface area contributed by atoms with E-state index < -0.39 is 0 Å². The van der Waals surface area contributed by atoms with Crippen LogP contribution in [0.15, 0.2) is 48.5 Å². The van der Waals surface area contributed by atoms with Gasteiger partial charge in [0.25, 0.3) is 0 Å². The van der Waals surface area contributed by atoms with E-state index in [-0.39, 0.29) is 5.97 Å².